The number of ether oxygens (including phenoxy) is 1. The fourth-order valence-electron chi connectivity index (χ4n) is 1.38. The molecule has 0 aliphatic rings. The number of rotatable bonds is 6. The van der Waals surface area contributed by atoms with Gasteiger partial charge in [-0.2, -0.15) is 0 Å². The third kappa shape index (κ3) is 5.00. The van der Waals surface area contributed by atoms with Gasteiger partial charge in [0.25, 0.3) is 0 Å². The summed E-state index contributed by atoms with van der Waals surface area (Å²) in [5.74, 6) is 0. The molecule has 0 saturated heterocycles. The van der Waals surface area contributed by atoms with E-state index in [4.69, 9.17) is 16.3 Å². The molecule has 0 saturated carbocycles. The molecule has 0 amide bonds. The molecule has 8 heteroatoms. The highest BCUT2D eigenvalue weighted by molar-refractivity contribution is 9.10. The zero-order valence-electron chi connectivity index (χ0n) is 10.9. The van der Waals surface area contributed by atoms with Crippen molar-refractivity contribution in [2.75, 3.05) is 13.2 Å². The minimum Gasteiger partial charge on any atom is -0.375 e. The van der Waals surface area contributed by atoms with E-state index < -0.39 is 15.6 Å². The molecule has 0 aliphatic carbocycles. The molecule has 1 heterocycles. The lowest BCUT2D eigenvalue weighted by atomic mass is 10.1. The van der Waals surface area contributed by atoms with Gasteiger partial charge in [0, 0.05) is 23.8 Å². The average molecular weight is 372 g/mol. The van der Waals surface area contributed by atoms with E-state index in [9.17, 15) is 8.42 Å². The molecule has 1 aromatic heterocycles. The molecule has 1 N–H and O–H groups in total. The summed E-state index contributed by atoms with van der Waals surface area (Å²) >= 11 is 8.98. The smallest absolute Gasteiger partial charge is 0.243 e. The molecular weight excluding hydrogens is 356 g/mol. The molecule has 0 aliphatic heterocycles. The number of nitrogens with one attached hydrogen (secondary N) is 1. The predicted molar refractivity (Wildman–Crippen MR) is 77.8 cm³/mol. The third-order valence-electron chi connectivity index (χ3n) is 2.29. The number of aromatic nitrogens is 1. The summed E-state index contributed by atoms with van der Waals surface area (Å²) in [6, 6.07) is 1.41. The number of halogens is 2. The van der Waals surface area contributed by atoms with Gasteiger partial charge in [0.15, 0.2) is 0 Å². The van der Waals surface area contributed by atoms with Crippen LogP contribution in [-0.4, -0.2) is 32.2 Å². The molecule has 0 aromatic carbocycles. The Balaban J connectivity index is 2.90. The van der Waals surface area contributed by atoms with Crippen LogP contribution >= 0.6 is 27.5 Å². The van der Waals surface area contributed by atoms with Crippen LogP contribution in [0.25, 0.3) is 0 Å². The first-order valence-corrected chi connectivity index (χ1v) is 8.28. The molecule has 0 atom stereocenters. The molecule has 0 spiro atoms. The van der Waals surface area contributed by atoms with Crippen LogP contribution in [0.15, 0.2) is 21.6 Å². The van der Waals surface area contributed by atoms with Gasteiger partial charge in [0.1, 0.15) is 10.0 Å². The Bertz CT molecular complexity index is 549. The largest absolute Gasteiger partial charge is 0.375 e. The van der Waals surface area contributed by atoms with Crippen LogP contribution in [0, 0.1) is 0 Å². The first-order valence-electron chi connectivity index (χ1n) is 5.62. The first kappa shape index (κ1) is 16.8. The van der Waals surface area contributed by atoms with E-state index in [1.807, 2.05) is 6.92 Å². The highest BCUT2D eigenvalue weighted by atomic mass is 79.9. The average Bonchev–Trinajstić information content (AvgIpc) is 2.30. The number of pyridine rings is 1. The van der Waals surface area contributed by atoms with Gasteiger partial charge in [-0.3, -0.25) is 0 Å². The fraction of sp³-hybridized carbons (Fsp3) is 0.545. The lowest BCUT2D eigenvalue weighted by Crippen LogP contribution is -2.40. The molecule has 1 aromatic rings. The maximum atomic E-state index is 12.1. The summed E-state index contributed by atoms with van der Waals surface area (Å²) in [5, 5.41) is -0.0649. The zero-order valence-corrected chi connectivity index (χ0v) is 14.1. The molecule has 19 heavy (non-hydrogen) atoms. The van der Waals surface area contributed by atoms with Gasteiger partial charge < -0.3 is 4.74 Å². The SMILES string of the molecule is CCOC(C)(C)CNS(=O)(=O)c1cc(Br)cnc1Cl. The molecule has 1 rings (SSSR count). The van der Waals surface area contributed by atoms with Gasteiger partial charge in [-0.05, 0) is 42.8 Å². The normalized spacial score (nSPS) is 12.7. The van der Waals surface area contributed by atoms with Crippen molar-refractivity contribution in [3.8, 4) is 0 Å². The minimum atomic E-state index is -3.72. The Morgan fingerprint density at radius 1 is 1.53 bits per heavy atom. The molecule has 0 fully saturated rings. The number of sulfonamides is 1. The van der Waals surface area contributed by atoms with Gasteiger partial charge in [-0.1, -0.05) is 11.6 Å². The zero-order chi connectivity index (χ0) is 14.7. The standard InChI is InChI=1S/C11H16BrClN2O3S/c1-4-18-11(2,3)7-15-19(16,17)9-5-8(12)6-14-10(9)13/h5-6,15H,4,7H2,1-3H3. The summed E-state index contributed by atoms with van der Waals surface area (Å²) < 4.78 is 32.7. The van der Waals surface area contributed by atoms with E-state index in [0.29, 0.717) is 11.1 Å². The molecule has 0 radical (unpaired) electrons. The second kappa shape index (κ2) is 6.49. The van der Waals surface area contributed by atoms with Gasteiger partial charge in [0.05, 0.1) is 5.60 Å². The van der Waals surface area contributed by atoms with Crippen LogP contribution < -0.4 is 4.72 Å². The Hall–Kier alpha value is -0.210. The van der Waals surface area contributed by atoms with Crippen molar-refractivity contribution in [3.63, 3.8) is 0 Å². The first-order chi connectivity index (χ1) is 8.68. The number of nitrogens with zero attached hydrogens (tertiary/aromatic N) is 1. The lowest BCUT2D eigenvalue weighted by molar-refractivity contribution is -0.00515. The molecule has 108 valence electrons. The van der Waals surface area contributed by atoms with Crippen LogP contribution in [0.5, 0.6) is 0 Å². The van der Waals surface area contributed by atoms with Crippen molar-refractivity contribution in [1.29, 1.82) is 0 Å². The summed E-state index contributed by atoms with van der Waals surface area (Å²) in [6.07, 6.45) is 1.44. The molecular formula is C11H16BrClN2O3S. The summed E-state index contributed by atoms with van der Waals surface area (Å²) in [7, 11) is -3.72. The van der Waals surface area contributed by atoms with Crippen molar-refractivity contribution in [1.82, 2.24) is 9.71 Å². The van der Waals surface area contributed by atoms with E-state index in [-0.39, 0.29) is 16.6 Å². The topological polar surface area (TPSA) is 68.3 Å². The number of hydrogen-bond acceptors (Lipinski definition) is 4. The van der Waals surface area contributed by atoms with Crippen LogP contribution in [0.1, 0.15) is 20.8 Å². The van der Waals surface area contributed by atoms with Gasteiger partial charge in [-0.15, -0.1) is 0 Å². The summed E-state index contributed by atoms with van der Waals surface area (Å²) in [6.45, 7) is 6.12. The van der Waals surface area contributed by atoms with Crippen molar-refractivity contribution in [2.24, 2.45) is 0 Å². The van der Waals surface area contributed by atoms with Gasteiger partial charge >= 0.3 is 0 Å². The summed E-state index contributed by atoms with van der Waals surface area (Å²) in [5.41, 5.74) is -0.590. The monoisotopic (exact) mass is 370 g/mol. The van der Waals surface area contributed by atoms with Gasteiger partial charge in [0.2, 0.25) is 10.0 Å². The van der Waals surface area contributed by atoms with E-state index in [0.717, 1.165) is 0 Å². The Kier molecular flexibility index (Phi) is 5.76. The fourth-order valence-corrected chi connectivity index (χ4v) is 3.52. The summed E-state index contributed by atoms with van der Waals surface area (Å²) in [4.78, 5) is 3.73. The maximum Gasteiger partial charge on any atom is 0.243 e. The Morgan fingerprint density at radius 2 is 2.16 bits per heavy atom. The van der Waals surface area contributed by atoms with Crippen LogP contribution in [0.3, 0.4) is 0 Å². The van der Waals surface area contributed by atoms with E-state index in [2.05, 4.69) is 25.6 Å². The van der Waals surface area contributed by atoms with Crippen molar-refractivity contribution < 1.29 is 13.2 Å². The van der Waals surface area contributed by atoms with E-state index in [1.165, 1.54) is 12.3 Å². The molecule has 5 nitrogen and oxygen atoms in total. The Labute approximate surface area is 126 Å². The minimum absolute atomic E-state index is 0.0594. The number of hydrogen-bond donors (Lipinski definition) is 1. The van der Waals surface area contributed by atoms with Crippen molar-refractivity contribution in [2.45, 2.75) is 31.3 Å². The third-order valence-corrected chi connectivity index (χ3v) is 4.55. The molecule has 0 bridgehead atoms. The van der Waals surface area contributed by atoms with Crippen LogP contribution in [-0.2, 0) is 14.8 Å². The second-order valence-corrected chi connectivity index (χ2v) is 7.47. The van der Waals surface area contributed by atoms with E-state index in [1.54, 1.807) is 13.8 Å². The highest BCUT2D eigenvalue weighted by Crippen LogP contribution is 2.22. The van der Waals surface area contributed by atoms with Crippen LogP contribution in [0.2, 0.25) is 5.15 Å². The molecule has 0 unspecified atom stereocenters. The van der Waals surface area contributed by atoms with E-state index >= 15 is 0 Å². The predicted octanol–water partition coefficient (Wildman–Crippen LogP) is 2.59. The van der Waals surface area contributed by atoms with Crippen molar-refractivity contribution >= 4 is 37.6 Å². The second-order valence-electron chi connectivity index (χ2n) is 4.46. The quantitative estimate of drug-likeness (QED) is 0.780. The van der Waals surface area contributed by atoms with Gasteiger partial charge in [-0.25, -0.2) is 18.1 Å². The lowest BCUT2D eigenvalue weighted by Gasteiger charge is -2.24. The Morgan fingerprint density at radius 3 is 2.74 bits per heavy atom. The highest BCUT2D eigenvalue weighted by Gasteiger charge is 2.24. The van der Waals surface area contributed by atoms with Crippen LogP contribution in [0.4, 0.5) is 0 Å². The maximum absolute atomic E-state index is 12.1. The van der Waals surface area contributed by atoms with Crippen molar-refractivity contribution in [3.05, 3.63) is 21.9 Å².